The lowest BCUT2D eigenvalue weighted by atomic mass is 10.0. The number of nitro benzene ring substituents is 1. The number of amides is 2. The first kappa shape index (κ1) is 21.5. The van der Waals surface area contributed by atoms with E-state index in [0.29, 0.717) is 5.56 Å². The maximum atomic E-state index is 12.9. The van der Waals surface area contributed by atoms with Crippen LogP contribution < -0.4 is 15.7 Å². The van der Waals surface area contributed by atoms with E-state index in [9.17, 15) is 24.8 Å². The van der Waals surface area contributed by atoms with Gasteiger partial charge in [0.25, 0.3) is 11.6 Å². The Balaban J connectivity index is 1.75. The molecule has 3 rings (SSSR count). The van der Waals surface area contributed by atoms with Gasteiger partial charge in [0.1, 0.15) is 6.04 Å². The smallest absolute Gasteiger partial charge is 0.269 e. The Hall–Kier alpha value is -4.20. The third-order valence-electron chi connectivity index (χ3n) is 4.65. The molecule has 0 saturated heterocycles. The largest absolute Gasteiger partial charge is 0.872 e. The van der Waals surface area contributed by atoms with Crippen molar-refractivity contribution in [3.63, 3.8) is 0 Å². The predicted molar refractivity (Wildman–Crippen MR) is 112 cm³/mol. The van der Waals surface area contributed by atoms with Crippen molar-refractivity contribution in [2.75, 3.05) is 0 Å². The molecule has 0 radical (unpaired) electrons. The van der Waals surface area contributed by atoms with Gasteiger partial charge in [-0.05, 0) is 23.3 Å². The first-order valence-corrected chi connectivity index (χ1v) is 9.56. The van der Waals surface area contributed by atoms with Crippen molar-refractivity contribution in [1.82, 2.24) is 10.6 Å². The summed E-state index contributed by atoms with van der Waals surface area (Å²) in [6, 6.07) is 20.1. The molecule has 2 amide bonds. The van der Waals surface area contributed by atoms with Crippen LogP contribution in [0.4, 0.5) is 5.69 Å². The average Bonchev–Trinajstić information content (AvgIpc) is 2.79. The molecule has 1 atom stereocenters. The number of rotatable bonds is 8. The molecule has 0 fully saturated rings. The molecule has 8 heteroatoms. The van der Waals surface area contributed by atoms with Gasteiger partial charge in [-0.15, -0.1) is 5.75 Å². The standard InChI is InChI=1S/C23H21N3O5/c27-21-12-11-19(26(30)31)14-18(21)15-24-23(29)20(13-16-7-3-1-4-8-16)25-22(28)17-9-5-2-6-10-17/h1-12,14,20,27H,13,15H2,(H,24,29)(H,25,28)/p-1/t20-/m0/s1. The minimum atomic E-state index is -0.899. The molecule has 31 heavy (non-hydrogen) atoms. The molecule has 0 saturated carbocycles. The number of nitro groups is 1. The van der Waals surface area contributed by atoms with E-state index < -0.39 is 28.5 Å². The Labute approximate surface area is 178 Å². The van der Waals surface area contributed by atoms with E-state index in [1.807, 2.05) is 30.3 Å². The molecule has 2 N–H and O–H groups in total. The molecule has 0 spiro atoms. The third-order valence-corrected chi connectivity index (χ3v) is 4.65. The van der Waals surface area contributed by atoms with Crippen LogP contribution in [-0.4, -0.2) is 22.8 Å². The fourth-order valence-electron chi connectivity index (χ4n) is 3.01. The Bertz CT molecular complexity index is 1070. The molecular formula is C23H20N3O5-. The number of hydrogen-bond acceptors (Lipinski definition) is 5. The van der Waals surface area contributed by atoms with Gasteiger partial charge in [-0.25, -0.2) is 0 Å². The minimum Gasteiger partial charge on any atom is -0.872 e. The van der Waals surface area contributed by atoms with Crippen molar-refractivity contribution in [2.45, 2.75) is 19.0 Å². The molecule has 0 aromatic heterocycles. The van der Waals surface area contributed by atoms with Gasteiger partial charge in [0, 0.05) is 30.7 Å². The Kier molecular flexibility index (Phi) is 6.95. The molecule has 158 valence electrons. The van der Waals surface area contributed by atoms with Gasteiger partial charge in [0.2, 0.25) is 5.91 Å². The topological polar surface area (TPSA) is 124 Å². The number of hydrogen-bond donors (Lipinski definition) is 2. The van der Waals surface area contributed by atoms with Crippen molar-refractivity contribution in [1.29, 1.82) is 0 Å². The summed E-state index contributed by atoms with van der Waals surface area (Å²) >= 11 is 0. The number of benzene rings is 3. The molecule has 0 bridgehead atoms. The lowest BCUT2D eigenvalue weighted by Crippen LogP contribution is -2.47. The number of carbonyl (C=O) groups excluding carboxylic acids is 2. The lowest BCUT2D eigenvalue weighted by molar-refractivity contribution is -0.385. The van der Waals surface area contributed by atoms with Crippen LogP contribution in [0.5, 0.6) is 5.75 Å². The Morgan fingerprint density at radius 1 is 0.935 bits per heavy atom. The highest BCUT2D eigenvalue weighted by atomic mass is 16.6. The van der Waals surface area contributed by atoms with Crippen LogP contribution in [0, 0.1) is 10.1 Å². The summed E-state index contributed by atoms with van der Waals surface area (Å²) in [4.78, 5) is 35.8. The van der Waals surface area contributed by atoms with Crippen LogP contribution in [0.2, 0.25) is 0 Å². The van der Waals surface area contributed by atoms with Gasteiger partial charge >= 0.3 is 0 Å². The fourth-order valence-corrected chi connectivity index (χ4v) is 3.01. The summed E-state index contributed by atoms with van der Waals surface area (Å²) in [6.45, 7) is -0.189. The van der Waals surface area contributed by atoms with Crippen LogP contribution >= 0.6 is 0 Å². The summed E-state index contributed by atoms with van der Waals surface area (Å²) in [5.41, 5.74) is 1.11. The molecule has 8 nitrogen and oxygen atoms in total. The minimum absolute atomic E-state index is 0.0930. The first-order chi connectivity index (χ1) is 14.9. The summed E-state index contributed by atoms with van der Waals surface area (Å²) in [6.07, 6.45) is 0.240. The summed E-state index contributed by atoms with van der Waals surface area (Å²) < 4.78 is 0. The number of non-ortho nitro benzene ring substituents is 1. The van der Waals surface area contributed by atoms with E-state index in [2.05, 4.69) is 10.6 Å². The molecule has 0 heterocycles. The van der Waals surface area contributed by atoms with E-state index in [1.54, 1.807) is 30.3 Å². The SMILES string of the molecule is O=C(N[C@@H](Cc1ccccc1)C(=O)NCc1cc([N+](=O)[O-])ccc1[O-])c1ccccc1. The van der Waals surface area contributed by atoms with Crippen LogP contribution in [0.1, 0.15) is 21.5 Å². The normalized spacial score (nSPS) is 11.4. The van der Waals surface area contributed by atoms with Gasteiger partial charge in [-0.3, -0.25) is 19.7 Å². The first-order valence-electron chi connectivity index (χ1n) is 9.56. The second-order valence-corrected chi connectivity index (χ2v) is 6.85. The van der Waals surface area contributed by atoms with Gasteiger partial charge in [-0.2, -0.15) is 0 Å². The predicted octanol–water partition coefficient (Wildman–Crippen LogP) is 2.33. The quantitative estimate of drug-likeness (QED) is 0.429. The van der Waals surface area contributed by atoms with Gasteiger partial charge in [0.15, 0.2) is 0 Å². The van der Waals surface area contributed by atoms with Crippen molar-refractivity contribution in [3.8, 4) is 5.75 Å². The summed E-state index contributed by atoms with van der Waals surface area (Å²) in [5, 5.41) is 28.3. The van der Waals surface area contributed by atoms with Crippen LogP contribution in [0.15, 0.2) is 78.9 Å². The second kappa shape index (κ2) is 10.0. The number of nitrogens with one attached hydrogen (secondary N) is 2. The highest BCUT2D eigenvalue weighted by Gasteiger charge is 2.22. The molecule has 0 aliphatic heterocycles. The van der Waals surface area contributed by atoms with Gasteiger partial charge < -0.3 is 15.7 Å². The Morgan fingerprint density at radius 3 is 2.23 bits per heavy atom. The molecule has 0 aliphatic rings. The second-order valence-electron chi connectivity index (χ2n) is 6.85. The van der Waals surface area contributed by atoms with E-state index in [1.165, 1.54) is 0 Å². The van der Waals surface area contributed by atoms with Gasteiger partial charge in [-0.1, -0.05) is 54.6 Å². The molecule has 3 aromatic rings. The van der Waals surface area contributed by atoms with E-state index in [0.717, 1.165) is 23.8 Å². The summed E-state index contributed by atoms with van der Waals surface area (Å²) in [7, 11) is 0. The van der Waals surface area contributed by atoms with Crippen LogP contribution in [0.3, 0.4) is 0 Å². The highest BCUT2D eigenvalue weighted by molar-refractivity contribution is 5.97. The molecule has 3 aromatic carbocycles. The van der Waals surface area contributed by atoms with E-state index in [-0.39, 0.29) is 24.2 Å². The van der Waals surface area contributed by atoms with E-state index in [4.69, 9.17) is 0 Å². The van der Waals surface area contributed by atoms with Crippen LogP contribution in [0.25, 0.3) is 0 Å². The number of carbonyl (C=O) groups is 2. The maximum Gasteiger partial charge on any atom is 0.269 e. The monoisotopic (exact) mass is 418 g/mol. The van der Waals surface area contributed by atoms with Crippen molar-refractivity contribution < 1.29 is 19.6 Å². The van der Waals surface area contributed by atoms with E-state index >= 15 is 0 Å². The lowest BCUT2D eigenvalue weighted by Gasteiger charge is -2.20. The Morgan fingerprint density at radius 2 is 1.58 bits per heavy atom. The molecular weight excluding hydrogens is 398 g/mol. The molecule has 0 unspecified atom stereocenters. The third kappa shape index (κ3) is 5.89. The highest BCUT2D eigenvalue weighted by Crippen LogP contribution is 2.20. The fraction of sp³-hybridized carbons (Fsp3) is 0.130. The maximum absolute atomic E-state index is 12.9. The van der Waals surface area contributed by atoms with Gasteiger partial charge in [0.05, 0.1) is 4.92 Å². The number of nitrogens with zero attached hydrogens (tertiary/aromatic N) is 1. The summed E-state index contributed by atoms with van der Waals surface area (Å²) in [5.74, 6) is -1.32. The average molecular weight is 418 g/mol. The van der Waals surface area contributed by atoms with Crippen molar-refractivity contribution in [2.24, 2.45) is 0 Å². The van der Waals surface area contributed by atoms with Crippen molar-refractivity contribution >= 4 is 17.5 Å². The molecule has 0 aliphatic carbocycles. The zero-order valence-corrected chi connectivity index (χ0v) is 16.5. The van der Waals surface area contributed by atoms with Crippen molar-refractivity contribution in [3.05, 3.63) is 106 Å². The zero-order chi connectivity index (χ0) is 22.2. The zero-order valence-electron chi connectivity index (χ0n) is 16.5. The van der Waals surface area contributed by atoms with Crippen LogP contribution in [-0.2, 0) is 17.8 Å².